The van der Waals surface area contributed by atoms with E-state index in [1.807, 2.05) is 24.0 Å². The number of benzene rings is 1. The zero-order valence-corrected chi connectivity index (χ0v) is 9.18. The van der Waals surface area contributed by atoms with Gasteiger partial charge in [-0.1, -0.05) is 6.07 Å². The van der Waals surface area contributed by atoms with Crippen molar-refractivity contribution in [3.05, 3.63) is 23.8 Å². The molecule has 0 radical (unpaired) electrons. The van der Waals surface area contributed by atoms with Crippen molar-refractivity contribution in [3.63, 3.8) is 0 Å². The van der Waals surface area contributed by atoms with Crippen LogP contribution in [0.5, 0.6) is 5.75 Å². The lowest BCUT2D eigenvalue weighted by atomic mass is 10.1. The predicted octanol–water partition coefficient (Wildman–Crippen LogP) is 1.75. The number of aryl methyl sites for hydroxylation is 1. The molecule has 1 saturated heterocycles. The van der Waals surface area contributed by atoms with Crippen LogP contribution in [0.15, 0.2) is 18.2 Å². The highest BCUT2D eigenvalue weighted by molar-refractivity contribution is 5.79. The average molecular weight is 221 g/mol. The van der Waals surface area contributed by atoms with Gasteiger partial charge in [-0.25, -0.2) is 4.79 Å². The number of carbonyl (C=O) groups is 1. The molecule has 16 heavy (non-hydrogen) atoms. The molecule has 0 bridgehead atoms. The minimum Gasteiger partial charge on any atom is -0.508 e. The minimum absolute atomic E-state index is 0.216. The van der Waals surface area contributed by atoms with E-state index in [1.165, 1.54) is 0 Å². The molecule has 0 aliphatic carbocycles. The first-order valence-electron chi connectivity index (χ1n) is 5.38. The van der Waals surface area contributed by atoms with E-state index in [0.29, 0.717) is 6.42 Å². The molecule has 0 aromatic heterocycles. The Morgan fingerprint density at radius 2 is 2.25 bits per heavy atom. The lowest BCUT2D eigenvalue weighted by molar-refractivity contribution is -0.138. The molecule has 1 aliphatic heterocycles. The Bertz CT molecular complexity index is 417. The molecule has 1 aromatic carbocycles. The van der Waals surface area contributed by atoms with Crippen LogP contribution in [0.1, 0.15) is 18.4 Å². The van der Waals surface area contributed by atoms with E-state index < -0.39 is 12.0 Å². The van der Waals surface area contributed by atoms with Gasteiger partial charge in [0, 0.05) is 18.3 Å². The van der Waals surface area contributed by atoms with Crippen LogP contribution in [-0.2, 0) is 4.79 Å². The van der Waals surface area contributed by atoms with Gasteiger partial charge in [0.1, 0.15) is 11.8 Å². The number of aromatic hydroxyl groups is 1. The molecule has 1 aliphatic rings. The average Bonchev–Trinajstić information content (AvgIpc) is 2.71. The van der Waals surface area contributed by atoms with Gasteiger partial charge in [-0.3, -0.25) is 0 Å². The van der Waals surface area contributed by atoms with Gasteiger partial charge in [0.05, 0.1) is 0 Å². The third-order valence-electron chi connectivity index (χ3n) is 3.06. The van der Waals surface area contributed by atoms with Crippen molar-refractivity contribution >= 4 is 11.7 Å². The maximum atomic E-state index is 11.0. The van der Waals surface area contributed by atoms with Crippen LogP contribution in [-0.4, -0.2) is 28.8 Å². The number of carboxylic acids is 1. The van der Waals surface area contributed by atoms with Crippen LogP contribution in [0.2, 0.25) is 0 Å². The van der Waals surface area contributed by atoms with E-state index in [-0.39, 0.29) is 5.75 Å². The molecule has 4 heteroatoms. The fourth-order valence-electron chi connectivity index (χ4n) is 2.11. The van der Waals surface area contributed by atoms with Crippen LogP contribution in [0.3, 0.4) is 0 Å². The van der Waals surface area contributed by atoms with E-state index >= 15 is 0 Å². The van der Waals surface area contributed by atoms with Crippen LogP contribution >= 0.6 is 0 Å². The fraction of sp³-hybridized carbons (Fsp3) is 0.417. The Balaban J connectivity index is 2.29. The van der Waals surface area contributed by atoms with Gasteiger partial charge < -0.3 is 15.1 Å². The number of hydrogen-bond donors (Lipinski definition) is 2. The standard InChI is InChI=1S/C12H15NO3/c1-8-4-5-9(7-11(8)14)13-6-2-3-10(13)12(15)16/h4-5,7,10,14H,2-3,6H2,1H3,(H,15,16). The molecule has 0 spiro atoms. The first-order valence-corrected chi connectivity index (χ1v) is 5.38. The monoisotopic (exact) mass is 221 g/mol. The van der Waals surface area contributed by atoms with E-state index in [1.54, 1.807) is 6.07 Å². The molecular weight excluding hydrogens is 206 g/mol. The summed E-state index contributed by atoms with van der Waals surface area (Å²) < 4.78 is 0. The molecule has 86 valence electrons. The molecule has 4 nitrogen and oxygen atoms in total. The van der Waals surface area contributed by atoms with Crippen molar-refractivity contribution in [2.45, 2.75) is 25.8 Å². The second kappa shape index (κ2) is 4.04. The first kappa shape index (κ1) is 10.8. The molecule has 2 rings (SSSR count). The second-order valence-corrected chi connectivity index (χ2v) is 4.16. The van der Waals surface area contributed by atoms with Gasteiger partial charge in [-0.15, -0.1) is 0 Å². The van der Waals surface area contributed by atoms with Crippen LogP contribution in [0, 0.1) is 6.92 Å². The van der Waals surface area contributed by atoms with Crippen molar-refractivity contribution in [2.24, 2.45) is 0 Å². The number of phenolic OH excluding ortho intramolecular Hbond substituents is 1. The minimum atomic E-state index is -0.794. The summed E-state index contributed by atoms with van der Waals surface area (Å²) in [7, 11) is 0. The Morgan fingerprint density at radius 3 is 2.88 bits per heavy atom. The maximum absolute atomic E-state index is 11.0. The van der Waals surface area contributed by atoms with Crippen LogP contribution in [0.25, 0.3) is 0 Å². The lowest BCUT2D eigenvalue weighted by Gasteiger charge is -2.23. The van der Waals surface area contributed by atoms with Gasteiger partial charge in [0.2, 0.25) is 0 Å². The topological polar surface area (TPSA) is 60.8 Å². The molecule has 1 atom stereocenters. The van der Waals surface area contributed by atoms with Gasteiger partial charge in [-0.05, 0) is 31.4 Å². The number of carboxylic acid groups (broad SMARTS) is 1. The van der Waals surface area contributed by atoms with Crippen molar-refractivity contribution in [1.82, 2.24) is 0 Å². The van der Waals surface area contributed by atoms with Crippen molar-refractivity contribution in [3.8, 4) is 5.75 Å². The molecule has 0 saturated carbocycles. The molecule has 0 amide bonds. The normalized spacial score (nSPS) is 20.1. The summed E-state index contributed by atoms with van der Waals surface area (Å²) in [5, 5.41) is 18.7. The molecule has 2 N–H and O–H groups in total. The molecule has 1 unspecified atom stereocenters. The molecule has 1 heterocycles. The van der Waals surface area contributed by atoms with Crippen molar-refractivity contribution in [2.75, 3.05) is 11.4 Å². The summed E-state index contributed by atoms with van der Waals surface area (Å²) in [5.74, 6) is -0.578. The zero-order chi connectivity index (χ0) is 11.7. The highest BCUT2D eigenvalue weighted by Gasteiger charge is 2.30. The maximum Gasteiger partial charge on any atom is 0.326 e. The molecule has 1 aromatic rings. The summed E-state index contributed by atoms with van der Waals surface area (Å²) >= 11 is 0. The Kier molecular flexibility index (Phi) is 2.73. The van der Waals surface area contributed by atoms with Crippen molar-refractivity contribution < 1.29 is 15.0 Å². The quantitative estimate of drug-likeness (QED) is 0.798. The highest BCUT2D eigenvalue weighted by Crippen LogP contribution is 2.29. The third kappa shape index (κ3) is 1.83. The van der Waals surface area contributed by atoms with E-state index in [2.05, 4.69) is 0 Å². The summed E-state index contributed by atoms with van der Waals surface area (Å²) in [5.41, 5.74) is 1.59. The van der Waals surface area contributed by atoms with Crippen LogP contribution in [0.4, 0.5) is 5.69 Å². The van der Waals surface area contributed by atoms with E-state index in [9.17, 15) is 9.90 Å². The molecular formula is C12H15NO3. The van der Waals surface area contributed by atoms with Gasteiger partial charge in [0.15, 0.2) is 0 Å². The number of aliphatic carboxylic acids is 1. The first-order chi connectivity index (χ1) is 7.59. The lowest BCUT2D eigenvalue weighted by Crippen LogP contribution is -2.35. The fourth-order valence-corrected chi connectivity index (χ4v) is 2.11. The number of phenols is 1. The van der Waals surface area contributed by atoms with Gasteiger partial charge in [0.25, 0.3) is 0 Å². The third-order valence-corrected chi connectivity index (χ3v) is 3.06. The zero-order valence-electron chi connectivity index (χ0n) is 9.18. The molecule has 1 fully saturated rings. The van der Waals surface area contributed by atoms with Gasteiger partial charge >= 0.3 is 5.97 Å². The Hall–Kier alpha value is -1.71. The predicted molar refractivity (Wildman–Crippen MR) is 60.8 cm³/mol. The number of hydrogen-bond acceptors (Lipinski definition) is 3. The summed E-state index contributed by atoms with van der Waals surface area (Å²) in [6.07, 6.45) is 1.55. The van der Waals surface area contributed by atoms with Crippen LogP contribution < -0.4 is 4.90 Å². The van der Waals surface area contributed by atoms with E-state index in [0.717, 1.165) is 24.2 Å². The number of nitrogens with zero attached hydrogens (tertiary/aromatic N) is 1. The van der Waals surface area contributed by atoms with Gasteiger partial charge in [-0.2, -0.15) is 0 Å². The SMILES string of the molecule is Cc1ccc(N2CCCC2C(=O)O)cc1O. The summed E-state index contributed by atoms with van der Waals surface area (Å²) in [4.78, 5) is 12.9. The Labute approximate surface area is 94.1 Å². The summed E-state index contributed by atoms with van der Waals surface area (Å²) in [6.45, 7) is 2.55. The van der Waals surface area contributed by atoms with Crippen molar-refractivity contribution in [1.29, 1.82) is 0 Å². The number of anilines is 1. The second-order valence-electron chi connectivity index (χ2n) is 4.16. The Morgan fingerprint density at radius 1 is 1.50 bits per heavy atom. The summed E-state index contributed by atoms with van der Waals surface area (Å²) in [6, 6.07) is 4.84. The highest BCUT2D eigenvalue weighted by atomic mass is 16.4. The smallest absolute Gasteiger partial charge is 0.326 e. The largest absolute Gasteiger partial charge is 0.508 e. The number of rotatable bonds is 2. The van der Waals surface area contributed by atoms with E-state index in [4.69, 9.17) is 5.11 Å².